The van der Waals surface area contributed by atoms with E-state index < -0.39 is 72.3 Å². The summed E-state index contributed by atoms with van der Waals surface area (Å²) in [6.07, 6.45) is 0.369. The predicted molar refractivity (Wildman–Crippen MR) is 253 cm³/mol. The van der Waals surface area contributed by atoms with Crippen LogP contribution in [-0.2, 0) is 60.9 Å². The molecule has 0 fully saturated rings. The van der Waals surface area contributed by atoms with E-state index in [0.717, 1.165) is 21.6 Å². The lowest BCUT2D eigenvalue weighted by Crippen LogP contribution is -2.60. The van der Waals surface area contributed by atoms with E-state index in [4.69, 9.17) is 4.74 Å². The zero-order valence-electron chi connectivity index (χ0n) is 36.4. The zero-order valence-corrected chi connectivity index (χ0v) is 37.2. The van der Waals surface area contributed by atoms with E-state index in [-0.39, 0.29) is 37.9 Å². The van der Waals surface area contributed by atoms with Crippen molar-refractivity contribution in [2.24, 2.45) is 0 Å². The van der Waals surface area contributed by atoms with Crippen molar-refractivity contribution in [2.75, 3.05) is 6.61 Å². The maximum absolute atomic E-state index is 14.7. The van der Waals surface area contributed by atoms with Crippen LogP contribution in [-0.4, -0.2) is 82.5 Å². The number of hydrogen-bond donors (Lipinski definition) is 7. The molecule has 14 nitrogen and oxygen atoms in total. The van der Waals surface area contributed by atoms with E-state index in [1.807, 2.05) is 102 Å². The summed E-state index contributed by atoms with van der Waals surface area (Å²) in [6, 6.07) is 36.4. The lowest BCUT2D eigenvalue weighted by Gasteiger charge is -2.27. The van der Waals surface area contributed by atoms with E-state index in [0.29, 0.717) is 28.9 Å². The molecular formula is C52H51N5O9S. The summed E-state index contributed by atoms with van der Waals surface area (Å²) in [4.78, 5) is 84.5. The van der Waals surface area contributed by atoms with Crippen molar-refractivity contribution in [1.29, 1.82) is 0 Å². The monoisotopic (exact) mass is 921 g/mol. The highest BCUT2D eigenvalue weighted by Crippen LogP contribution is 2.21. The van der Waals surface area contributed by atoms with E-state index in [1.165, 1.54) is 23.5 Å². The number of aromatic hydroxyl groups is 1. The van der Waals surface area contributed by atoms with Crippen LogP contribution in [0.2, 0.25) is 0 Å². The number of nitrogens with one attached hydrogen (secondary N) is 5. The molecule has 7 N–H and O–H groups in total. The molecule has 344 valence electrons. The lowest BCUT2D eigenvalue weighted by atomic mass is 9.99. The van der Waals surface area contributed by atoms with Crippen molar-refractivity contribution in [3.63, 3.8) is 0 Å². The SMILES string of the molecule is O=C1COc2ccc(cc2)C[C@@H](C(=O)N[C@@H](Cc2ccc(O)cc2)C(=O)O)NC(=O)[C@@H](CCc2ccccc2)NC(=O)[C@H](Cc2ccc(-c3ccccc3)cc2)NC(=O)[C@@H](Cc2cccs2)N1. The number of carboxylic acids is 1. The summed E-state index contributed by atoms with van der Waals surface area (Å²) in [5, 5.41) is 35.7. The first-order valence-corrected chi connectivity index (χ1v) is 22.8. The first-order chi connectivity index (χ1) is 32.4. The molecule has 0 unspecified atom stereocenters. The summed E-state index contributed by atoms with van der Waals surface area (Å²) < 4.78 is 5.79. The fourth-order valence-electron chi connectivity index (χ4n) is 7.68. The van der Waals surface area contributed by atoms with Crippen LogP contribution in [0.1, 0.15) is 33.6 Å². The molecule has 3 heterocycles. The molecule has 1 aromatic heterocycles. The summed E-state index contributed by atoms with van der Waals surface area (Å²) in [7, 11) is 0. The molecular weight excluding hydrogens is 871 g/mol. The van der Waals surface area contributed by atoms with E-state index in [9.17, 15) is 39.0 Å². The van der Waals surface area contributed by atoms with Crippen LogP contribution in [0.25, 0.3) is 11.1 Å². The second-order valence-electron chi connectivity index (χ2n) is 16.3. The standard InChI is InChI=1S/C52H51N5O9S/c58-39-22-15-35(16-23-39)30-46(52(64)65)57-50(62)44-29-36-17-24-40(25-18-36)66-32-47(59)53-45(31-41-12-7-27-67-41)51(63)56-43(28-34-13-20-38(21-14-34)37-10-5-2-6-11-37)49(61)54-42(48(60)55-44)26-19-33-8-3-1-4-9-33/h1-18,20-25,27,42-46,58H,19,26,28-32H2,(H,53,59)(H,54,61)(H,55,60)(H,56,63)(H,57,62)(H,64,65)/t42-,43+,44+,45-,46+/m1/s1. The van der Waals surface area contributed by atoms with Crippen LogP contribution in [0.3, 0.4) is 0 Å². The molecule has 0 saturated carbocycles. The Kier molecular flexibility index (Phi) is 16.1. The van der Waals surface area contributed by atoms with Crippen molar-refractivity contribution in [3.05, 3.63) is 178 Å². The molecule has 15 heteroatoms. The van der Waals surface area contributed by atoms with Crippen LogP contribution < -0.4 is 31.3 Å². The Bertz CT molecular complexity index is 2610. The minimum Gasteiger partial charge on any atom is -0.508 e. The van der Waals surface area contributed by atoms with Crippen molar-refractivity contribution in [1.82, 2.24) is 26.6 Å². The number of rotatable bonds is 13. The van der Waals surface area contributed by atoms with Gasteiger partial charge in [-0.15, -0.1) is 11.3 Å². The Balaban J connectivity index is 1.22. The van der Waals surface area contributed by atoms with Gasteiger partial charge in [0.25, 0.3) is 5.91 Å². The molecule has 5 aromatic carbocycles. The average molecular weight is 922 g/mol. The van der Waals surface area contributed by atoms with Gasteiger partial charge in [0.1, 0.15) is 41.7 Å². The second kappa shape index (κ2) is 22.9. The van der Waals surface area contributed by atoms with Gasteiger partial charge in [-0.25, -0.2) is 4.79 Å². The fraction of sp³-hybridized carbons (Fsp3) is 0.231. The molecule has 67 heavy (non-hydrogen) atoms. The number of hydrogen-bond acceptors (Lipinski definition) is 9. The van der Waals surface area contributed by atoms with Crippen LogP contribution in [0.4, 0.5) is 0 Å². The van der Waals surface area contributed by atoms with Crippen molar-refractivity contribution < 1.29 is 43.7 Å². The van der Waals surface area contributed by atoms with Gasteiger partial charge in [0.05, 0.1) is 0 Å². The third-order valence-corrected chi connectivity index (χ3v) is 12.2. The molecule has 2 aliphatic heterocycles. The minimum atomic E-state index is -1.41. The number of benzene rings is 5. The quantitative estimate of drug-likeness (QED) is 0.0783. The predicted octanol–water partition coefficient (Wildman–Crippen LogP) is 4.93. The van der Waals surface area contributed by atoms with Crippen LogP contribution in [0.5, 0.6) is 11.5 Å². The van der Waals surface area contributed by atoms with Gasteiger partial charge in [-0.1, -0.05) is 115 Å². The summed E-state index contributed by atoms with van der Waals surface area (Å²) in [6.45, 7) is -0.437. The van der Waals surface area contributed by atoms with Gasteiger partial charge in [0.2, 0.25) is 23.6 Å². The maximum Gasteiger partial charge on any atom is 0.326 e. The third kappa shape index (κ3) is 13.9. The molecule has 2 aliphatic rings. The number of aliphatic carboxylic acids is 1. The molecule has 0 spiro atoms. The normalized spacial score (nSPS) is 18.6. The van der Waals surface area contributed by atoms with Crippen molar-refractivity contribution >= 4 is 46.8 Å². The number of carbonyl (C=O) groups is 6. The Morgan fingerprint density at radius 3 is 1.91 bits per heavy atom. The van der Waals surface area contributed by atoms with Gasteiger partial charge in [0, 0.05) is 30.6 Å². The highest BCUT2D eigenvalue weighted by molar-refractivity contribution is 7.09. The highest BCUT2D eigenvalue weighted by atomic mass is 32.1. The van der Waals surface area contributed by atoms with Gasteiger partial charge in [-0.2, -0.15) is 0 Å². The van der Waals surface area contributed by atoms with Crippen molar-refractivity contribution in [2.45, 2.75) is 68.7 Å². The largest absolute Gasteiger partial charge is 0.508 e. The second-order valence-corrected chi connectivity index (χ2v) is 17.3. The number of carbonyl (C=O) groups excluding carboxylic acids is 5. The van der Waals surface area contributed by atoms with Gasteiger partial charge >= 0.3 is 5.97 Å². The Labute approximate surface area is 391 Å². The maximum atomic E-state index is 14.7. The minimum absolute atomic E-state index is 0.00621. The van der Waals surface area contributed by atoms with Gasteiger partial charge in [0.15, 0.2) is 6.61 Å². The number of thiophene rings is 1. The molecule has 5 atom stereocenters. The number of fused-ring (bicyclic) bond motifs is 16. The Morgan fingerprint density at radius 1 is 0.642 bits per heavy atom. The number of aryl methyl sites for hydroxylation is 1. The molecule has 8 rings (SSSR count). The molecule has 0 radical (unpaired) electrons. The Hall–Kier alpha value is -7.78. The van der Waals surface area contributed by atoms with Gasteiger partial charge in [-0.05, 0) is 81.9 Å². The van der Waals surface area contributed by atoms with Gasteiger partial charge < -0.3 is 41.5 Å². The Morgan fingerprint density at radius 2 is 1.25 bits per heavy atom. The summed E-state index contributed by atoms with van der Waals surface area (Å²) in [5.41, 5.74) is 4.63. The third-order valence-electron chi connectivity index (χ3n) is 11.3. The smallest absolute Gasteiger partial charge is 0.326 e. The van der Waals surface area contributed by atoms with Crippen LogP contribution in [0, 0.1) is 0 Å². The number of ether oxygens (including phenoxy) is 1. The molecule has 2 bridgehead atoms. The average Bonchev–Trinajstić information content (AvgIpc) is 3.86. The van der Waals surface area contributed by atoms with E-state index >= 15 is 0 Å². The van der Waals surface area contributed by atoms with Crippen molar-refractivity contribution in [3.8, 4) is 22.6 Å². The molecule has 0 saturated heterocycles. The first kappa shape index (κ1) is 47.2. The topological polar surface area (TPSA) is 212 Å². The first-order valence-electron chi connectivity index (χ1n) is 21.9. The number of phenolic OH excluding ortho intramolecular Hbond substituents is 1. The summed E-state index contributed by atoms with van der Waals surface area (Å²) in [5.74, 6) is -4.42. The molecule has 0 aliphatic carbocycles. The lowest BCUT2D eigenvalue weighted by molar-refractivity contribution is -0.142. The fourth-order valence-corrected chi connectivity index (χ4v) is 8.43. The van der Waals surface area contributed by atoms with Gasteiger partial charge in [-0.3, -0.25) is 24.0 Å². The molecule has 5 amide bonds. The van der Waals surface area contributed by atoms with E-state index in [1.54, 1.807) is 36.4 Å². The highest BCUT2D eigenvalue weighted by Gasteiger charge is 2.33. The van der Waals surface area contributed by atoms with E-state index in [2.05, 4.69) is 26.6 Å². The summed E-state index contributed by atoms with van der Waals surface area (Å²) >= 11 is 1.41. The van der Waals surface area contributed by atoms with Crippen LogP contribution >= 0.6 is 11.3 Å². The number of amides is 5. The molecule has 6 aromatic rings. The number of phenols is 1. The van der Waals surface area contributed by atoms with Crippen LogP contribution in [0.15, 0.2) is 151 Å². The zero-order chi connectivity index (χ0) is 47.1. The number of carboxylic acid groups (broad SMARTS) is 1.